The molecular weight excluding hydrogens is 312 g/mol. The molecule has 136 valence electrons. The molecule has 1 aromatic carbocycles. The van der Waals surface area contributed by atoms with E-state index in [1.165, 1.54) is 5.56 Å². The number of nitrogens with one attached hydrogen (secondary N) is 1. The van der Waals surface area contributed by atoms with Crippen LogP contribution in [-0.4, -0.2) is 47.8 Å². The largest absolute Gasteiger partial charge is 0.351 e. The van der Waals surface area contributed by atoms with Crippen LogP contribution in [0.3, 0.4) is 0 Å². The number of aryl methyl sites for hydroxylation is 1. The van der Waals surface area contributed by atoms with Crippen molar-refractivity contribution < 1.29 is 4.79 Å². The molecule has 0 spiro atoms. The van der Waals surface area contributed by atoms with Gasteiger partial charge in [0.25, 0.3) is 5.91 Å². The number of likely N-dealkylation sites (N-methyl/N-ethyl adjacent to an activating group) is 1. The first-order chi connectivity index (χ1) is 11.8. The van der Waals surface area contributed by atoms with Gasteiger partial charge in [0, 0.05) is 13.1 Å². The van der Waals surface area contributed by atoms with Gasteiger partial charge in [-0.2, -0.15) is 5.10 Å². The number of nitrogens with zero attached hydrogens (tertiary/aromatic N) is 3. The van der Waals surface area contributed by atoms with E-state index in [1.807, 2.05) is 37.8 Å². The quantitative estimate of drug-likeness (QED) is 0.841. The summed E-state index contributed by atoms with van der Waals surface area (Å²) >= 11 is 0. The predicted octanol–water partition coefficient (Wildman–Crippen LogP) is 2.98. The van der Waals surface area contributed by atoms with Gasteiger partial charge in [-0.3, -0.25) is 4.79 Å². The Labute approximate surface area is 151 Å². The van der Waals surface area contributed by atoms with Gasteiger partial charge in [0.2, 0.25) is 0 Å². The van der Waals surface area contributed by atoms with E-state index >= 15 is 0 Å². The second kappa shape index (κ2) is 8.30. The van der Waals surface area contributed by atoms with Crippen molar-refractivity contribution in [2.45, 2.75) is 34.1 Å². The molecule has 0 aliphatic heterocycles. The molecule has 25 heavy (non-hydrogen) atoms. The van der Waals surface area contributed by atoms with Gasteiger partial charge in [-0.15, -0.1) is 0 Å². The van der Waals surface area contributed by atoms with Crippen LogP contribution in [0.15, 0.2) is 24.3 Å². The number of rotatable bonds is 7. The first-order valence-corrected chi connectivity index (χ1v) is 8.88. The summed E-state index contributed by atoms with van der Waals surface area (Å²) in [4.78, 5) is 14.8. The molecule has 0 aliphatic rings. The lowest BCUT2D eigenvalue weighted by atomic mass is 10.0. The maximum Gasteiger partial charge on any atom is 0.255 e. The fourth-order valence-corrected chi connectivity index (χ4v) is 2.80. The summed E-state index contributed by atoms with van der Waals surface area (Å²) in [5.74, 6) is 0.405. The molecule has 1 aromatic heterocycles. The number of hydrogen-bond acceptors (Lipinski definition) is 3. The zero-order chi connectivity index (χ0) is 18.6. The lowest BCUT2D eigenvalue weighted by molar-refractivity contribution is 0.0949. The maximum absolute atomic E-state index is 12.8. The minimum absolute atomic E-state index is 0.0339. The van der Waals surface area contributed by atoms with E-state index in [4.69, 9.17) is 5.10 Å². The number of amides is 1. The summed E-state index contributed by atoms with van der Waals surface area (Å²) in [7, 11) is 3.99. The molecule has 5 nitrogen and oxygen atoms in total. The summed E-state index contributed by atoms with van der Waals surface area (Å²) in [6, 6.07) is 8.22. The topological polar surface area (TPSA) is 50.2 Å². The Bertz CT molecular complexity index is 714. The molecule has 0 bridgehead atoms. The van der Waals surface area contributed by atoms with E-state index < -0.39 is 0 Å². The zero-order valence-corrected chi connectivity index (χ0v) is 16.3. The van der Waals surface area contributed by atoms with Crippen molar-refractivity contribution in [1.29, 1.82) is 0 Å². The van der Waals surface area contributed by atoms with Gasteiger partial charge >= 0.3 is 0 Å². The van der Waals surface area contributed by atoms with Crippen LogP contribution in [0.1, 0.15) is 41.2 Å². The fourth-order valence-electron chi connectivity index (χ4n) is 2.80. The van der Waals surface area contributed by atoms with Gasteiger partial charge in [0.15, 0.2) is 0 Å². The number of aromatic nitrogens is 2. The Kier molecular flexibility index (Phi) is 6.37. The Hall–Kier alpha value is -2.14. The molecule has 5 heteroatoms. The van der Waals surface area contributed by atoms with Crippen molar-refractivity contribution in [2.24, 2.45) is 5.92 Å². The minimum atomic E-state index is -0.0339. The van der Waals surface area contributed by atoms with Crippen LogP contribution in [-0.2, 0) is 6.42 Å². The van der Waals surface area contributed by atoms with Crippen molar-refractivity contribution >= 4 is 5.91 Å². The van der Waals surface area contributed by atoms with Crippen LogP contribution >= 0.6 is 0 Å². The average molecular weight is 342 g/mol. The lowest BCUT2D eigenvalue weighted by Crippen LogP contribution is -2.32. The number of benzene rings is 1. The first kappa shape index (κ1) is 19.2. The zero-order valence-electron chi connectivity index (χ0n) is 16.3. The van der Waals surface area contributed by atoms with Crippen molar-refractivity contribution in [3.8, 4) is 5.69 Å². The molecule has 2 rings (SSSR count). The van der Waals surface area contributed by atoms with Crippen LogP contribution in [0.5, 0.6) is 0 Å². The lowest BCUT2D eigenvalue weighted by Gasteiger charge is -2.11. The van der Waals surface area contributed by atoms with Gasteiger partial charge in [0.1, 0.15) is 0 Å². The van der Waals surface area contributed by atoms with E-state index in [1.54, 1.807) is 0 Å². The molecule has 2 aromatic rings. The third-order valence-electron chi connectivity index (χ3n) is 4.14. The third-order valence-corrected chi connectivity index (χ3v) is 4.14. The Morgan fingerprint density at radius 1 is 1.20 bits per heavy atom. The van der Waals surface area contributed by atoms with Crippen molar-refractivity contribution in [3.63, 3.8) is 0 Å². The second-order valence-corrected chi connectivity index (χ2v) is 7.31. The van der Waals surface area contributed by atoms with Crippen LogP contribution in [0, 0.1) is 19.8 Å². The van der Waals surface area contributed by atoms with Gasteiger partial charge < -0.3 is 10.2 Å². The SMILES string of the molecule is Cc1ccc(-n2nc(CC(C)C)c(C(=O)NCCN(C)C)c2C)cc1. The molecule has 1 N–H and O–H groups in total. The molecule has 0 aliphatic carbocycles. The van der Waals surface area contributed by atoms with E-state index in [-0.39, 0.29) is 5.91 Å². The summed E-state index contributed by atoms with van der Waals surface area (Å²) < 4.78 is 1.89. The van der Waals surface area contributed by atoms with Crippen LogP contribution in [0.2, 0.25) is 0 Å². The van der Waals surface area contributed by atoms with E-state index in [0.29, 0.717) is 18.0 Å². The molecule has 1 amide bonds. The highest BCUT2D eigenvalue weighted by molar-refractivity contribution is 5.96. The van der Waals surface area contributed by atoms with Crippen molar-refractivity contribution in [1.82, 2.24) is 20.0 Å². The normalized spacial score (nSPS) is 11.4. The van der Waals surface area contributed by atoms with Crippen molar-refractivity contribution in [3.05, 3.63) is 46.8 Å². The van der Waals surface area contributed by atoms with Gasteiger partial charge in [-0.05, 0) is 52.4 Å². The third kappa shape index (κ3) is 4.92. The first-order valence-electron chi connectivity index (χ1n) is 8.88. The number of carbonyl (C=O) groups excluding carboxylic acids is 1. The molecule has 0 radical (unpaired) electrons. The van der Waals surface area contributed by atoms with Gasteiger partial charge in [-0.25, -0.2) is 4.68 Å². The Balaban J connectivity index is 2.35. The Morgan fingerprint density at radius 3 is 2.40 bits per heavy atom. The molecule has 0 atom stereocenters. The summed E-state index contributed by atoms with van der Waals surface area (Å²) in [5, 5.41) is 7.78. The highest BCUT2D eigenvalue weighted by atomic mass is 16.1. The smallest absolute Gasteiger partial charge is 0.255 e. The highest BCUT2D eigenvalue weighted by Gasteiger charge is 2.22. The second-order valence-electron chi connectivity index (χ2n) is 7.31. The standard InChI is InChI=1S/C20H30N4O/c1-14(2)13-18-19(20(25)21-11-12-23(5)6)16(4)24(22-18)17-9-7-15(3)8-10-17/h7-10,14H,11-13H2,1-6H3,(H,21,25). The predicted molar refractivity (Wildman–Crippen MR) is 102 cm³/mol. The monoisotopic (exact) mass is 342 g/mol. The van der Waals surface area contributed by atoms with Gasteiger partial charge in [0.05, 0.1) is 22.6 Å². The number of carbonyl (C=O) groups is 1. The van der Waals surface area contributed by atoms with E-state index in [2.05, 4.69) is 43.1 Å². The average Bonchev–Trinajstić information content (AvgIpc) is 2.83. The summed E-state index contributed by atoms with van der Waals surface area (Å²) in [6.45, 7) is 9.77. The number of hydrogen-bond donors (Lipinski definition) is 1. The van der Waals surface area contributed by atoms with E-state index in [9.17, 15) is 4.79 Å². The summed E-state index contributed by atoms with van der Waals surface area (Å²) in [6.07, 6.45) is 0.788. The summed E-state index contributed by atoms with van der Waals surface area (Å²) in [5.41, 5.74) is 4.67. The van der Waals surface area contributed by atoms with Crippen LogP contribution < -0.4 is 5.32 Å². The maximum atomic E-state index is 12.8. The molecule has 1 heterocycles. The molecule has 0 saturated heterocycles. The fraction of sp³-hybridized carbons (Fsp3) is 0.500. The highest BCUT2D eigenvalue weighted by Crippen LogP contribution is 2.21. The molecule has 0 unspecified atom stereocenters. The minimum Gasteiger partial charge on any atom is -0.351 e. The van der Waals surface area contributed by atoms with Crippen LogP contribution in [0.25, 0.3) is 5.69 Å². The molecule has 0 fully saturated rings. The molecular formula is C20H30N4O. The Morgan fingerprint density at radius 2 is 1.84 bits per heavy atom. The van der Waals surface area contributed by atoms with E-state index in [0.717, 1.165) is 30.0 Å². The van der Waals surface area contributed by atoms with Gasteiger partial charge in [-0.1, -0.05) is 31.5 Å². The van der Waals surface area contributed by atoms with Crippen LogP contribution in [0.4, 0.5) is 0 Å². The molecule has 0 saturated carbocycles. The van der Waals surface area contributed by atoms with Crippen molar-refractivity contribution in [2.75, 3.05) is 27.2 Å².